The van der Waals surface area contributed by atoms with Gasteiger partial charge in [-0.25, -0.2) is 0 Å². The third-order valence-corrected chi connectivity index (χ3v) is 3.63. The molecule has 3 nitrogen and oxygen atoms in total. The van der Waals surface area contributed by atoms with E-state index in [4.69, 9.17) is 4.74 Å². The van der Waals surface area contributed by atoms with Crippen molar-refractivity contribution in [2.45, 2.75) is 38.8 Å². The molecule has 0 saturated carbocycles. The van der Waals surface area contributed by atoms with Gasteiger partial charge < -0.3 is 15.4 Å². The minimum absolute atomic E-state index is 0.324. The molecule has 1 aliphatic rings. The molecule has 2 rings (SSSR count). The fourth-order valence-corrected chi connectivity index (χ4v) is 2.63. The topological polar surface area (TPSA) is 33.3 Å². The highest BCUT2D eigenvalue weighted by molar-refractivity contribution is 5.38. The smallest absolute Gasteiger partial charge is 0.123 e. The van der Waals surface area contributed by atoms with E-state index in [9.17, 15) is 0 Å². The molecule has 0 aromatic heterocycles. The fraction of sp³-hybridized carbons (Fsp3) is 0.600. The van der Waals surface area contributed by atoms with Crippen LogP contribution in [0.5, 0.6) is 5.75 Å². The third kappa shape index (κ3) is 3.24. The van der Waals surface area contributed by atoms with E-state index < -0.39 is 0 Å². The largest absolute Gasteiger partial charge is 0.496 e. The first-order chi connectivity index (χ1) is 8.70. The number of ether oxygens (including phenoxy) is 1. The summed E-state index contributed by atoms with van der Waals surface area (Å²) in [5, 5.41) is 7.13. The molecule has 2 N–H and O–H groups in total. The number of hydrogen-bond donors (Lipinski definition) is 2. The summed E-state index contributed by atoms with van der Waals surface area (Å²) in [6.07, 6.45) is 2.51. The van der Waals surface area contributed by atoms with Crippen molar-refractivity contribution in [3.05, 3.63) is 29.3 Å². The summed E-state index contributed by atoms with van der Waals surface area (Å²) in [5.74, 6) is 0.976. The lowest BCUT2D eigenvalue weighted by Crippen LogP contribution is -2.44. The van der Waals surface area contributed by atoms with Gasteiger partial charge in [0.1, 0.15) is 5.75 Å². The zero-order valence-electron chi connectivity index (χ0n) is 11.6. The van der Waals surface area contributed by atoms with Crippen molar-refractivity contribution in [2.75, 3.05) is 20.2 Å². The van der Waals surface area contributed by atoms with Crippen molar-refractivity contribution < 1.29 is 4.74 Å². The van der Waals surface area contributed by atoms with Crippen LogP contribution in [0.4, 0.5) is 0 Å². The zero-order valence-corrected chi connectivity index (χ0v) is 11.6. The molecular weight excluding hydrogens is 224 g/mol. The molecule has 0 bridgehead atoms. The number of benzene rings is 1. The maximum Gasteiger partial charge on any atom is 0.123 e. The Morgan fingerprint density at radius 1 is 1.44 bits per heavy atom. The summed E-state index contributed by atoms with van der Waals surface area (Å²) in [4.78, 5) is 0. The highest BCUT2D eigenvalue weighted by Crippen LogP contribution is 2.26. The van der Waals surface area contributed by atoms with Crippen LogP contribution in [0.2, 0.25) is 0 Å². The molecule has 0 radical (unpaired) electrons. The van der Waals surface area contributed by atoms with Crippen LogP contribution in [0, 0.1) is 6.92 Å². The Balaban J connectivity index is 2.07. The quantitative estimate of drug-likeness (QED) is 0.858. The Kier molecular flexibility index (Phi) is 4.61. The zero-order chi connectivity index (χ0) is 13.0. The summed E-state index contributed by atoms with van der Waals surface area (Å²) >= 11 is 0. The molecular formula is C15H24N2O. The maximum absolute atomic E-state index is 5.46. The summed E-state index contributed by atoms with van der Waals surface area (Å²) in [7, 11) is 1.74. The lowest BCUT2D eigenvalue weighted by atomic mass is 10.0. The van der Waals surface area contributed by atoms with Crippen molar-refractivity contribution in [1.82, 2.24) is 10.6 Å². The Hall–Kier alpha value is -1.06. The van der Waals surface area contributed by atoms with Crippen molar-refractivity contribution in [2.24, 2.45) is 0 Å². The normalized spacial score (nSPS) is 21.6. The highest BCUT2D eigenvalue weighted by atomic mass is 16.5. The summed E-state index contributed by atoms with van der Waals surface area (Å²) in [6, 6.07) is 7.26. The second kappa shape index (κ2) is 6.21. The van der Waals surface area contributed by atoms with E-state index in [1.807, 2.05) is 0 Å². The number of rotatable bonds is 4. The van der Waals surface area contributed by atoms with Gasteiger partial charge in [0, 0.05) is 24.2 Å². The van der Waals surface area contributed by atoms with E-state index in [-0.39, 0.29) is 0 Å². The van der Waals surface area contributed by atoms with E-state index in [0.717, 1.165) is 18.8 Å². The first-order valence-corrected chi connectivity index (χ1v) is 6.82. The monoisotopic (exact) mass is 248 g/mol. The Labute approximate surface area is 110 Å². The van der Waals surface area contributed by atoms with E-state index >= 15 is 0 Å². The Bertz CT molecular complexity index is 386. The molecule has 1 aromatic carbocycles. The summed E-state index contributed by atoms with van der Waals surface area (Å²) in [5.41, 5.74) is 2.53. The van der Waals surface area contributed by atoms with Crippen molar-refractivity contribution in [1.29, 1.82) is 0 Å². The van der Waals surface area contributed by atoms with Gasteiger partial charge in [0.05, 0.1) is 7.11 Å². The molecule has 1 heterocycles. The first-order valence-electron chi connectivity index (χ1n) is 6.82. The van der Waals surface area contributed by atoms with E-state index in [2.05, 4.69) is 42.7 Å². The summed E-state index contributed by atoms with van der Waals surface area (Å²) < 4.78 is 5.46. The maximum atomic E-state index is 5.46. The van der Waals surface area contributed by atoms with Gasteiger partial charge >= 0.3 is 0 Å². The predicted octanol–water partition coefficient (Wildman–Crippen LogP) is 2.41. The standard InChI is InChI=1S/C15H24N2O/c1-11-6-7-15(18-3)14(9-11)12(2)17-13-5-4-8-16-10-13/h6-7,9,12-13,16-17H,4-5,8,10H2,1-3H3. The van der Waals surface area contributed by atoms with Crippen LogP contribution in [-0.2, 0) is 0 Å². The predicted molar refractivity (Wildman–Crippen MR) is 75.2 cm³/mol. The lowest BCUT2D eigenvalue weighted by molar-refractivity contribution is 0.352. The minimum atomic E-state index is 0.324. The average molecular weight is 248 g/mol. The Morgan fingerprint density at radius 3 is 2.94 bits per heavy atom. The van der Waals surface area contributed by atoms with Gasteiger partial charge in [0.25, 0.3) is 0 Å². The molecule has 1 saturated heterocycles. The number of aryl methyl sites for hydroxylation is 1. The number of hydrogen-bond acceptors (Lipinski definition) is 3. The van der Waals surface area contributed by atoms with E-state index in [1.165, 1.54) is 24.0 Å². The average Bonchev–Trinajstić information content (AvgIpc) is 2.40. The molecule has 1 aliphatic heterocycles. The molecule has 1 fully saturated rings. The van der Waals surface area contributed by atoms with E-state index in [1.54, 1.807) is 7.11 Å². The fourth-order valence-electron chi connectivity index (χ4n) is 2.63. The third-order valence-electron chi connectivity index (χ3n) is 3.63. The molecule has 18 heavy (non-hydrogen) atoms. The van der Waals surface area contributed by atoms with Gasteiger partial charge in [0.15, 0.2) is 0 Å². The van der Waals surface area contributed by atoms with Gasteiger partial charge in [-0.1, -0.05) is 17.7 Å². The molecule has 0 amide bonds. The Morgan fingerprint density at radius 2 is 2.28 bits per heavy atom. The minimum Gasteiger partial charge on any atom is -0.496 e. The lowest BCUT2D eigenvalue weighted by Gasteiger charge is -2.28. The van der Waals surface area contributed by atoms with Crippen LogP contribution in [0.3, 0.4) is 0 Å². The van der Waals surface area contributed by atoms with Gasteiger partial charge in [-0.15, -0.1) is 0 Å². The van der Waals surface area contributed by atoms with Crippen LogP contribution in [0.25, 0.3) is 0 Å². The molecule has 100 valence electrons. The molecule has 2 atom stereocenters. The SMILES string of the molecule is COc1ccc(C)cc1C(C)NC1CCCNC1. The number of methoxy groups -OCH3 is 1. The van der Waals surface area contributed by atoms with Crippen molar-refractivity contribution in [3.63, 3.8) is 0 Å². The molecule has 0 aliphatic carbocycles. The summed E-state index contributed by atoms with van der Waals surface area (Å²) in [6.45, 7) is 6.56. The molecule has 0 spiro atoms. The molecule has 1 aromatic rings. The van der Waals surface area contributed by atoms with Crippen LogP contribution < -0.4 is 15.4 Å². The van der Waals surface area contributed by atoms with Crippen molar-refractivity contribution >= 4 is 0 Å². The molecule has 2 unspecified atom stereocenters. The van der Waals surface area contributed by atoms with Gasteiger partial charge in [-0.05, 0) is 39.3 Å². The van der Waals surface area contributed by atoms with Crippen LogP contribution >= 0.6 is 0 Å². The van der Waals surface area contributed by atoms with Crippen LogP contribution in [0.15, 0.2) is 18.2 Å². The molecule has 3 heteroatoms. The van der Waals surface area contributed by atoms with Gasteiger partial charge in [-0.2, -0.15) is 0 Å². The second-order valence-corrected chi connectivity index (χ2v) is 5.18. The van der Waals surface area contributed by atoms with Crippen molar-refractivity contribution in [3.8, 4) is 5.75 Å². The van der Waals surface area contributed by atoms with Gasteiger partial charge in [0.2, 0.25) is 0 Å². The second-order valence-electron chi connectivity index (χ2n) is 5.18. The first kappa shape index (κ1) is 13.4. The number of piperidine rings is 1. The highest BCUT2D eigenvalue weighted by Gasteiger charge is 2.18. The van der Waals surface area contributed by atoms with Crippen LogP contribution in [0.1, 0.15) is 36.9 Å². The van der Waals surface area contributed by atoms with Gasteiger partial charge in [-0.3, -0.25) is 0 Å². The number of nitrogens with one attached hydrogen (secondary N) is 2. The van der Waals surface area contributed by atoms with Crippen LogP contribution in [-0.4, -0.2) is 26.2 Å². The van der Waals surface area contributed by atoms with E-state index in [0.29, 0.717) is 12.1 Å².